The van der Waals surface area contributed by atoms with Crippen molar-refractivity contribution >= 4 is 62.0 Å². The van der Waals surface area contributed by atoms with Crippen LogP contribution in [0.25, 0.3) is 43.9 Å². The highest BCUT2D eigenvalue weighted by molar-refractivity contribution is 6.15. The number of phenols is 1. The Labute approximate surface area is 334 Å². The summed E-state index contributed by atoms with van der Waals surface area (Å²) >= 11 is 0. The molecule has 7 aromatic rings. The highest BCUT2D eigenvalue weighted by Gasteiger charge is 2.30. The molecule has 0 aliphatic carbocycles. The topological polar surface area (TPSA) is 137 Å². The van der Waals surface area contributed by atoms with E-state index < -0.39 is 74.9 Å². The van der Waals surface area contributed by atoms with Gasteiger partial charge in [0.25, 0.3) is 0 Å². The van der Waals surface area contributed by atoms with Crippen molar-refractivity contribution in [1.29, 1.82) is 0 Å². The molecular weight excluding hydrogens is 798 g/mol. The molecule has 10 nitrogen and oxygen atoms in total. The number of nitrogens with zero attached hydrogens (tertiary/aromatic N) is 2. The van der Waals surface area contributed by atoms with E-state index in [9.17, 15) is 50.9 Å². The van der Waals surface area contributed by atoms with Gasteiger partial charge in [-0.3, -0.25) is 9.79 Å². The summed E-state index contributed by atoms with van der Waals surface area (Å²) in [5.74, 6) is -14.0. The van der Waals surface area contributed by atoms with Gasteiger partial charge in [0.2, 0.25) is 11.2 Å². The number of fused-ring (bicyclic) bond motifs is 4. The Kier molecular flexibility index (Phi) is 11.0. The van der Waals surface area contributed by atoms with Crippen molar-refractivity contribution in [2.45, 2.75) is 13.8 Å². The highest BCUT2D eigenvalue weighted by Crippen LogP contribution is 2.43. The summed E-state index contributed by atoms with van der Waals surface area (Å²) in [5, 5.41) is 23.5. The molecule has 1 aliphatic heterocycles. The Bertz CT molecular complexity index is 3050. The summed E-state index contributed by atoms with van der Waals surface area (Å²) in [7, 11) is 0. The van der Waals surface area contributed by atoms with Gasteiger partial charge in [-0.1, -0.05) is 48.5 Å². The minimum absolute atomic E-state index is 0.00904. The predicted octanol–water partition coefficient (Wildman–Crippen LogP) is 10.0. The van der Waals surface area contributed by atoms with E-state index in [0.29, 0.717) is 16.5 Å². The van der Waals surface area contributed by atoms with E-state index in [2.05, 4.69) is 4.99 Å². The minimum atomic E-state index is -2.16. The first-order valence-corrected chi connectivity index (χ1v) is 17.9. The molecule has 2 N–H and O–H groups in total. The molecule has 8 rings (SSSR count). The van der Waals surface area contributed by atoms with Gasteiger partial charge in [0, 0.05) is 12.4 Å². The van der Waals surface area contributed by atoms with Crippen molar-refractivity contribution in [3.8, 4) is 22.9 Å². The number of aromatic nitrogens is 1. The number of hydrogen-bond donors (Lipinski definition) is 2. The Hall–Kier alpha value is -7.62. The maximum absolute atomic E-state index is 14.6. The lowest BCUT2D eigenvalue weighted by Gasteiger charge is -2.24. The lowest BCUT2D eigenvalue weighted by atomic mass is 10.0. The van der Waals surface area contributed by atoms with Gasteiger partial charge in [0.15, 0.2) is 40.6 Å². The third-order valence-corrected chi connectivity index (χ3v) is 9.22. The number of aliphatic hydroxyl groups excluding tert-OH is 1. The van der Waals surface area contributed by atoms with Crippen molar-refractivity contribution in [3.63, 3.8) is 0 Å². The number of benzene rings is 6. The molecular formula is C44H28F6N2O8. The predicted molar refractivity (Wildman–Crippen MR) is 209 cm³/mol. The zero-order chi connectivity index (χ0) is 43.0. The fraction of sp³-hybridized carbons (Fsp3) is 0.0909. The molecule has 0 atom stereocenters. The largest absolute Gasteiger partial charge is 0.506 e. The molecule has 60 heavy (non-hydrogen) atoms. The van der Waals surface area contributed by atoms with Crippen LogP contribution in [-0.2, 0) is 14.3 Å². The van der Waals surface area contributed by atoms with Crippen molar-refractivity contribution in [1.82, 2.24) is 4.57 Å². The second-order valence-corrected chi connectivity index (χ2v) is 12.9. The quantitative estimate of drug-likeness (QED) is 0.0308. The smallest absolute Gasteiger partial charge is 0.343 e. The molecule has 304 valence electrons. The molecule has 0 radical (unpaired) electrons. The second kappa shape index (κ2) is 16.3. The van der Waals surface area contributed by atoms with E-state index in [1.54, 1.807) is 43.3 Å². The molecule has 2 heterocycles. The van der Waals surface area contributed by atoms with E-state index in [1.807, 2.05) is 24.3 Å². The van der Waals surface area contributed by atoms with Crippen LogP contribution in [0.5, 0.6) is 17.2 Å². The number of aromatic hydroxyl groups is 1. The van der Waals surface area contributed by atoms with Crippen LogP contribution in [0.4, 0.5) is 32.0 Å². The lowest BCUT2D eigenvalue weighted by molar-refractivity contribution is -0.137. The van der Waals surface area contributed by atoms with Gasteiger partial charge in [-0.05, 0) is 71.8 Å². The van der Waals surface area contributed by atoms with Crippen LogP contribution >= 0.6 is 0 Å². The maximum atomic E-state index is 14.6. The van der Waals surface area contributed by atoms with Crippen LogP contribution in [0, 0.1) is 34.9 Å². The third-order valence-electron chi connectivity index (χ3n) is 9.22. The number of aliphatic hydroxyl groups is 1. The fourth-order valence-corrected chi connectivity index (χ4v) is 6.39. The molecule has 0 unspecified atom stereocenters. The number of ether oxygens (including phenoxy) is 3. The van der Waals surface area contributed by atoms with Crippen LogP contribution < -0.4 is 10.2 Å². The van der Waals surface area contributed by atoms with Crippen LogP contribution in [0.15, 0.2) is 106 Å². The average molecular weight is 827 g/mol. The van der Waals surface area contributed by atoms with Gasteiger partial charge in [-0.15, -0.1) is 0 Å². The Morgan fingerprint density at radius 1 is 0.750 bits per heavy atom. The number of aliphatic imine (C=N–C) groups is 1. The van der Waals surface area contributed by atoms with Gasteiger partial charge in [-0.25, -0.2) is 31.5 Å². The second-order valence-electron chi connectivity index (χ2n) is 12.9. The molecule has 0 saturated heterocycles. The van der Waals surface area contributed by atoms with E-state index in [1.165, 1.54) is 29.8 Å². The van der Waals surface area contributed by atoms with E-state index in [0.717, 1.165) is 23.1 Å². The molecule has 1 aliphatic rings. The number of phenolic OH excluding ortho intramolecular Hbond substituents is 1. The molecule has 0 fully saturated rings. The SMILES string of the molecule is CCOC(=O)C(C=Nc1cc2ccccc2cc1O)=C(O)c1cc(F)c(F)c(F)c1F.CCOC(=O)c1cn2c3c(c(F)c(F)cc3c1=O)Oc1cc3ccccc3cc1-2. The number of pyridine rings is 1. The van der Waals surface area contributed by atoms with E-state index in [-0.39, 0.29) is 52.9 Å². The summed E-state index contributed by atoms with van der Waals surface area (Å²) in [6, 6.07) is 21.9. The first-order chi connectivity index (χ1) is 28.7. The maximum Gasteiger partial charge on any atom is 0.343 e. The fourth-order valence-electron chi connectivity index (χ4n) is 6.39. The number of halogens is 6. The van der Waals surface area contributed by atoms with Crippen molar-refractivity contribution in [2.24, 2.45) is 4.99 Å². The summed E-state index contributed by atoms with van der Waals surface area (Å²) in [6.45, 7) is 3.00. The Morgan fingerprint density at radius 3 is 2.00 bits per heavy atom. The van der Waals surface area contributed by atoms with Gasteiger partial charge < -0.3 is 29.0 Å². The monoisotopic (exact) mass is 826 g/mol. The van der Waals surface area contributed by atoms with E-state index >= 15 is 0 Å². The molecule has 0 saturated carbocycles. The molecule has 16 heteroatoms. The van der Waals surface area contributed by atoms with Gasteiger partial charge in [0.05, 0.1) is 29.9 Å². The van der Waals surface area contributed by atoms with Crippen LogP contribution in [-0.4, -0.2) is 46.1 Å². The minimum Gasteiger partial charge on any atom is -0.506 e. The number of rotatable bonds is 7. The summed E-state index contributed by atoms with van der Waals surface area (Å²) in [4.78, 5) is 41.3. The van der Waals surface area contributed by atoms with Crippen molar-refractivity contribution in [2.75, 3.05) is 13.2 Å². The summed E-state index contributed by atoms with van der Waals surface area (Å²) in [6.07, 6.45) is 2.04. The zero-order valence-electron chi connectivity index (χ0n) is 31.2. The van der Waals surface area contributed by atoms with E-state index in [4.69, 9.17) is 14.2 Å². The summed E-state index contributed by atoms with van der Waals surface area (Å²) < 4.78 is 100. The zero-order valence-corrected chi connectivity index (χ0v) is 31.2. The van der Waals surface area contributed by atoms with Crippen LogP contribution in [0.2, 0.25) is 0 Å². The summed E-state index contributed by atoms with van der Waals surface area (Å²) in [5.41, 5.74) is -2.33. The van der Waals surface area contributed by atoms with Crippen molar-refractivity contribution in [3.05, 3.63) is 153 Å². The van der Waals surface area contributed by atoms with Gasteiger partial charge >= 0.3 is 11.9 Å². The van der Waals surface area contributed by atoms with Gasteiger partial charge in [-0.2, -0.15) is 4.39 Å². The molecule has 0 spiro atoms. The molecule has 0 amide bonds. The molecule has 0 bridgehead atoms. The number of hydrogen-bond acceptors (Lipinski definition) is 9. The first-order valence-electron chi connectivity index (χ1n) is 17.9. The van der Waals surface area contributed by atoms with Crippen molar-refractivity contribution < 1.29 is 60.4 Å². The lowest BCUT2D eigenvalue weighted by Crippen LogP contribution is -2.22. The third kappa shape index (κ3) is 7.34. The number of carbonyl (C=O) groups is 2. The Morgan fingerprint density at radius 2 is 1.35 bits per heavy atom. The average Bonchev–Trinajstić information content (AvgIpc) is 3.23. The first kappa shape index (κ1) is 40.6. The molecule has 6 aromatic carbocycles. The number of carbonyl (C=O) groups excluding carboxylic acids is 2. The van der Waals surface area contributed by atoms with Crippen LogP contribution in [0.1, 0.15) is 29.8 Å². The normalized spacial score (nSPS) is 12.1. The number of esters is 2. The Balaban J connectivity index is 0.000000182. The van der Waals surface area contributed by atoms with Gasteiger partial charge in [0.1, 0.15) is 33.8 Å². The highest BCUT2D eigenvalue weighted by atomic mass is 19.2. The molecule has 1 aromatic heterocycles. The van der Waals surface area contributed by atoms with Crippen LogP contribution in [0.3, 0.4) is 0 Å². The standard InChI is InChI=1S/C22H15F4NO4.C22H13F2NO4/c1-2-31-22(30)14(21(29)13-9-15(23)19(25)20(26)18(13)24)10-27-16-7-11-5-3-4-6-12(11)8-17(16)28;1-2-28-22(27)14-10-25-16-7-11-5-3-4-6-12(11)8-17(16)29-21-18(24)15(23)9-13(19(21)25)20(14)26/h3-10,28-29H,2H2,1H3;3-10H,2H2,1H3.